The van der Waals surface area contributed by atoms with Crippen LogP contribution in [-0.2, 0) is 17.7 Å². The van der Waals surface area contributed by atoms with Gasteiger partial charge in [0.1, 0.15) is 5.60 Å². The van der Waals surface area contributed by atoms with Gasteiger partial charge in [0, 0.05) is 18.5 Å². The van der Waals surface area contributed by atoms with Crippen LogP contribution in [0.2, 0.25) is 0 Å². The molecule has 0 saturated heterocycles. The Hall–Kier alpha value is -1.76. The first-order chi connectivity index (χ1) is 9.73. The summed E-state index contributed by atoms with van der Waals surface area (Å²) in [4.78, 5) is 26.6. The monoisotopic (exact) mass is 311 g/mol. The number of carbonyl (C=O) groups excluding carboxylic acids is 2. The molecule has 1 aliphatic heterocycles. The lowest BCUT2D eigenvalue weighted by Gasteiger charge is -2.30. The fourth-order valence-corrected chi connectivity index (χ4v) is 3.41. The summed E-state index contributed by atoms with van der Waals surface area (Å²) in [5, 5.41) is 3.11. The number of anilines is 1. The first-order valence-corrected chi connectivity index (χ1v) is 7.64. The quantitative estimate of drug-likeness (QED) is 0.830. The number of amides is 2. The van der Waals surface area contributed by atoms with Crippen LogP contribution in [0, 0.1) is 0 Å². The van der Waals surface area contributed by atoms with Gasteiger partial charge in [-0.2, -0.15) is 0 Å². The van der Waals surface area contributed by atoms with Crippen molar-refractivity contribution in [1.82, 2.24) is 10.2 Å². The summed E-state index contributed by atoms with van der Waals surface area (Å²) in [5.74, 6) is -0.171. The van der Waals surface area contributed by atoms with Gasteiger partial charge < -0.3 is 20.7 Å². The molecule has 0 aliphatic carbocycles. The molecule has 6 nitrogen and oxygen atoms in total. The van der Waals surface area contributed by atoms with Crippen molar-refractivity contribution in [3.63, 3.8) is 0 Å². The maximum Gasteiger partial charge on any atom is 0.410 e. The van der Waals surface area contributed by atoms with Gasteiger partial charge in [0.25, 0.3) is 5.91 Å². The summed E-state index contributed by atoms with van der Waals surface area (Å²) in [7, 11) is 1.58. The van der Waals surface area contributed by atoms with E-state index in [0.717, 1.165) is 10.4 Å². The molecule has 0 saturated carbocycles. The minimum absolute atomic E-state index is 0.171. The van der Waals surface area contributed by atoms with Gasteiger partial charge in [0.05, 0.1) is 17.1 Å². The van der Waals surface area contributed by atoms with Gasteiger partial charge in [-0.15, -0.1) is 11.3 Å². The summed E-state index contributed by atoms with van der Waals surface area (Å²) >= 11 is 1.37. The minimum atomic E-state index is -0.515. The van der Waals surface area contributed by atoms with Crippen molar-refractivity contribution in [2.75, 3.05) is 19.3 Å². The number of carbonyl (C=O) groups is 2. The van der Waals surface area contributed by atoms with Crippen LogP contribution >= 0.6 is 11.3 Å². The zero-order valence-electron chi connectivity index (χ0n) is 12.8. The number of hydrogen-bond acceptors (Lipinski definition) is 5. The topological polar surface area (TPSA) is 84.7 Å². The lowest BCUT2D eigenvalue weighted by atomic mass is 10.0. The molecule has 0 fully saturated rings. The Morgan fingerprint density at radius 3 is 2.62 bits per heavy atom. The van der Waals surface area contributed by atoms with Crippen molar-refractivity contribution < 1.29 is 14.3 Å². The highest BCUT2D eigenvalue weighted by atomic mass is 32.1. The van der Waals surface area contributed by atoms with Gasteiger partial charge >= 0.3 is 6.09 Å². The summed E-state index contributed by atoms with van der Waals surface area (Å²) < 4.78 is 5.38. The predicted molar refractivity (Wildman–Crippen MR) is 82.5 cm³/mol. The number of nitrogens with two attached hydrogens (primary N) is 1. The van der Waals surface area contributed by atoms with E-state index in [4.69, 9.17) is 10.5 Å². The highest BCUT2D eigenvalue weighted by Crippen LogP contribution is 2.35. The molecule has 0 radical (unpaired) electrons. The van der Waals surface area contributed by atoms with E-state index < -0.39 is 5.60 Å². The standard InChI is InChI=1S/C14H21N3O3S/c1-14(2,3)20-13(19)17-6-5-8-9(7-17)21-11(15)10(8)12(18)16-4/h5-7,15H2,1-4H3,(H,16,18). The van der Waals surface area contributed by atoms with Crippen LogP contribution in [-0.4, -0.2) is 36.1 Å². The second kappa shape index (κ2) is 5.55. The highest BCUT2D eigenvalue weighted by molar-refractivity contribution is 7.16. The number of nitrogens with zero attached hydrogens (tertiary/aromatic N) is 1. The number of nitrogens with one attached hydrogen (secondary N) is 1. The number of nitrogen functional groups attached to an aromatic ring is 1. The number of fused-ring (bicyclic) bond motifs is 1. The van der Waals surface area contributed by atoms with E-state index in [9.17, 15) is 9.59 Å². The Bertz CT molecular complexity index is 575. The zero-order chi connectivity index (χ0) is 15.8. The predicted octanol–water partition coefficient (Wildman–Crippen LogP) is 1.98. The Kier molecular flexibility index (Phi) is 4.13. The molecule has 0 atom stereocenters. The SMILES string of the molecule is CNC(=O)c1c(N)sc2c1CCN(C(=O)OC(C)(C)C)C2. The van der Waals surface area contributed by atoms with E-state index >= 15 is 0 Å². The molecule has 1 aromatic heterocycles. The second-order valence-electron chi connectivity index (χ2n) is 5.97. The molecule has 2 heterocycles. The average molecular weight is 311 g/mol. The normalized spacial score (nSPS) is 14.6. The molecule has 1 aliphatic rings. The van der Waals surface area contributed by atoms with Crippen molar-refractivity contribution in [2.45, 2.75) is 39.3 Å². The number of ether oxygens (including phenoxy) is 1. The molecule has 0 unspecified atom stereocenters. The lowest BCUT2D eigenvalue weighted by Crippen LogP contribution is -2.39. The fraction of sp³-hybridized carbons (Fsp3) is 0.571. The Morgan fingerprint density at radius 1 is 1.38 bits per heavy atom. The van der Waals surface area contributed by atoms with Gasteiger partial charge in [-0.1, -0.05) is 0 Å². The zero-order valence-corrected chi connectivity index (χ0v) is 13.6. The number of rotatable bonds is 1. The third-order valence-electron chi connectivity index (χ3n) is 3.19. The number of hydrogen-bond donors (Lipinski definition) is 2. The molecular weight excluding hydrogens is 290 g/mol. The summed E-state index contributed by atoms with van der Waals surface area (Å²) in [6.07, 6.45) is 0.284. The van der Waals surface area contributed by atoms with E-state index in [1.807, 2.05) is 20.8 Å². The van der Waals surface area contributed by atoms with E-state index in [-0.39, 0.29) is 12.0 Å². The largest absolute Gasteiger partial charge is 0.444 e. The van der Waals surface area contributed by atoms with E-state index in [1.165, 1.54) is 11.3 Å². The van der Waals surface area contributed by atoms with Crippen molar-refractivity contribution in [2.24, 2.45) is 0 Å². The third kappa shape index (κ3) is 3.29. The Morgan fingerprint density at radius 2 is 2.05 bits per heavy atom. The van der Waals surface area contributed by atoms with E-state index in [1.54, 1.807) is 11.9 Å². The highest BCUT2D eigenvalue weighted by Gasteiger charge is 2.30. The van der Waals surface area contributed by atoms with Crippen LogP contribution in [0.3, 0.4) is 0 Å². The van der Waals surface area contributed by atoms with Gasteiger partial charge in [0.2, 0.25) is 0 Å². The van der Waals surface area contributed by atoms with Crippen LogP contribution in [0.4, 0.5) is 9.80 Å². The summed E-state index contributed by atoms with van der Waals surface area (Å²) in [6, 6.07) is 0. The molecule has 3 N–H and O–H groups in total. The molecule has 21 heavy (non-hydrogen) atoms. The van der Waals surface area contributed by atoms with Gasteiger partial charge in [-0.05, 0) is 32.8 Å². The summed E-state index contributed by atoms with van der Waals surface area (Å²) in [5.41, 5.74) is 6.94. The molecular formula is C14H21N3O3S. The molecule has 2 amide bonds. The lowest BCUT2D eigenvalue weighted by molar-refractivity contribution is 0.0226. The third-order valence-corrected chi connectivity index (χ3v) is 4.24. The van der Waals surface area contributed by atoms with Crippen LogP contribution in [0.15, 0.2) is 0 Å². The van der Waals surface area contributed by atoms with Crippen molar-refractivity contribution in [3.05, 3.63) is 16.0 Å². The minimum Gasteiger partial charge on any atom is -0.444 e. The molecule has 2 rings (SSSR count). The maximum atomic E-state index is 12.1. The Labute approximate surface area is 128 Å². The van der Waals surface area contributed by atoms with Gasteiger partial charge in [-0.3, -0.25) is 4.79 Å². The molecule has 0 spiro atoms. The van der Waals surface area contributed by atoms with Crippen molar-refractivity contribution >= 4 is 28.3 Å². The van der Waals surface area contributed by atoms with Crippen LogP contribution in [0.25, 0.3) is 0 Å². The second-order valence-corrected chi connectivity index (χ2v) is 7.11. The molecule has 1 aromatic rings. The first-order valence-electron chi connectivity index (χ1n) is 6.83. The van der Waals surface area contributed by atoms with Gasteiger partial charge in [0.15, 0.2) is 0 Å². The van der Waals surface area contributed by atoms with Gasteiger partial charge in [-0.25, -0.2) is 4.79 Å². The molecule has 116 valence electrons. The van der Waals surface area contributed by atoms with E-state index in [0.29, 0.717) is 30.1 Å². The average Bonchev–Trinajstić information content (AvgIpc) is 2.70. The van der Waals surface area contributed by atoms with Crippen LogP contribution in [0.1, 0.15) is 41.6 Å². The molecule has 0 aromatic carbocycles. The van der Waals surface area contributed by atoms with Crippen LogP contribution < -0.4 is 11.1 Å². The Balaban J connectivity index is 2.19. The molecule has 7 heteroatoms. The van der Waals surface area contributed by atoms with Crippen molar-refractivity contribution in [1.29, 1.82) is 0 Å². The van der Waals surface area contributed by atoms with E-state index in [2.05, 4.69) is 5.32 Å². The first kappa shape index (κ1) is 15.6. The maximum absolute atomic E-state index is 12.1. The van der Waals surface area contributed by atoms with Crippen LogP contribution in [0.5, 0.6) is 0 Å². The van der Waals surface area contributed by atoms with Crippen molar-refractivity contribution in [3.8, 4) is 0 Å². The molecule has 0 bridgehead atoms. The number of thiophene rings is 1. The summed E-state index contributed by atoms with van der Waals surface area (Å²) in [6.45, 7) is 6.49. The fourth-order valence-electron chi connectivity index (χ4n) is 2.28. The smallest absolute Gasteiger partial charge is 0.410 e.